The molecule has 1 fully saturated rings. The largest absolute Gasteiger partial charge is 0.452 e. The van der Waals surface area contributed by atoms with E-state index in [0.29, 0.717) is 5.92 Å². The molecule has 27 heavy (non-hydrogen) atoms. The Kier molecular flexibility index (Phi) is 7.34. The van der Waals surface area contributed by atoms with Crippen molar-refractivity contribution in [3.05, 3.63) is 29.8 Å². The summed E-state index contributed by atoms with van der Waals surface area (Å²) in [5.74, 6) is -0.605. The van der Waals surface area contributed by atoms with E-state index in [4.69, 9.17) is 9.57 Å². The molecule has 0 aromatic heterocycles. The summed E-state index contributed by atoms with van der Waals surface area (Å²) in [7, 11) is -1.28. The number of benzene rings is 1. The standard InChI is InChI=1S/C18H26N2O6S/c1-13-6-4-5-7-16(13)19-17(21)12-26-18(22)14-8-10-15(11-9-14)27(23,24)20(2)25-3/h8-11,13,16H,4-7,12H2,1-3H3,(H,19,21)/t13-,16-/m0/s1. The summed E-state index contributed by atoms with van der Waals surface area (Å²) >= 11 is 0. The number of ether oxygens (including phenoxy) is 1. The molecule has 1 N–H and O–H groups in total. The number of hydroxylamine groups is 1. The van der Waals surface area contributed by atoms with Crippen molar-refractivity contribution in [2.75, 3.05) is 20.8 Å². The first-order chi connectivity index (χ1) is 12.8. The Morgan fingerprint density at radius 2 is 1.81 bits per heavy atom. The zero-order chi connectivity index (χ0) is 20.0. The highest BCUT2D eigenvalue weighted by Gasteiger charge is 2.24. The minimum Gasteiger partial charge on any atom is -0.452 e. The molecule has 0 aliphatic heterocycles. The first kappa shape index (κ1) is 21.3. The molecule has 0 heterocycles. The predicted octanol–water partition coefficient (Wildman–Crippen LogP) is 1.72. The van der Waals surface area contributed by atoms with Gasteiger partial charge in [0.05, 0.1) is 17.6 Å². The van der Waals surface area contributed by atoms with E-state index in [0.717, 1.165) is 23.7 Å². The van der Waals surface area contributed by atoms with Gasteiger partial charge in [-0.15, -0.1) is 0 Å². The molecule has 0 saturated heterocycles. The number of carbonyl (C=O) groups excluding carboxylic acids is 2. The molecule has 1 aromatic carbocycles. The topological polar surface area (TPSA) is 102 Å². The molecule has 1 aliphatic carbocycles. The summed E-state index contributed by atoms with van der Waals surface area (Å²) in [6.07, 6.45) is 4.28. The molecule has 0 spiro atoms. The van der Waals surface area contributed by atoms with Gasteiger partial charge in [0.15, 0.2) is 6.61 Å². The van der Waals surface area contributed by atoms with Gasteiger partial charge in [0.25, 0.3) is 15.9 Å². The Bertz CT molecular complexity index is 763. The summed E-state index contributed by atoms with van der Waals surface area (Å²) < 4.78 is 30.0. The fraction of sp³-hybridized carbons (Fsp3) is 0.556. The van der Waals surface area contributed by atoms with Gasteiger partial charge in [0.1, 0.15) is 0 Å². The zero-order valence-electron chi connectivity index (χ0n) is 15.8. The molecular formula is C18H26N2O6S. The first-order valence-electron chi connectivity index (χ1n) is 8.85. The van der Waals surface area contributed by atoms with Crippen LogP contribution >= 0.6 is 0 Å². The third-order valence-corrected chi connectivity index (χ3v) is 6.47. The minimum absolute atomic E-state index is 0.0209. The monoisotopic (exact) mass is 398 g/mol. The average Bonchev–Trinajstić information content (AvgIpc) is 2.67. The van der Waals surface area contributed by atoms with Crippen molar-refractivity contribution in [2.45, 2.75) is 43.5 Å². The van der Waals surface area contributed by atoms with E-state index in [2.05, 4.69) is 12.2 Å². The second-order valence-electron chi connectivity index (χ2n) is 6.63. The highest BCUT2D eigenvalue weighted by molar-refractivity contribution is 7.89. The van der Waals surface area contributed by atoms with Crippen LogP contribution in [0.5, 0.6) is 0 Å². The average molecular weight is 398 g/mol. The van der Waals surface area contributed by atoms with Crippen molar-refractivity contribution in [1.82, 2.24) is 9.79 Å². The van der Waals surface area contributed by atoms with Crippen LogP contribution in [0.1, 0.15) is 43.0 Å². The van der Waals surface area contributed by atoms with Gasteiger partial charge < -0.3 is 10.1 Å². The third-order valence-electron chi connectivity index (χ3n) is 4.78. The van der Waals surface area contributed by atoms with E-state index in [1.54, 1.807) is 0 Å². The summed E-state index contributed by atoms with van der Waals surface area (Å²) in [4.78, 5) is 28.7. The Hall–Kier alpha value is -1.97. The predicted molar refractivity (Wildman–Crippen MR) is 98.2 cm³/mol. The van der Waals surface area contributed by atoms with Crippen LogP contribution < -0.4 is 5.32 Å². The number of sulfonamides is 1. The van der Waals surface area contributed by atoms with Crippen molar-refractivity contribution < 1.29 is 27.6 Å². The smallest absolute Gasteiger partial charge is 0.338 e. The number of carbonyl (C=O) groups is 2. The second-order valence-corrected chi connectivity index (χ2v) is 8.57. The fourth-order valence-electron chi connectivity index (χ4n) is 3.00. The van der Waals surface area contributed by atoms with E-state index in [-0.39, 0.29) is 29.0 Å². The van der Waals surface area contributed by atoms with Crippen LogP contribution in [-0.2, 0) is 24.4 Å². The molecule has 9 heteroatoms. The number of rotatable bonds is 7. The fourth-order valence-corrected chi connectivity index (χ4v) is 3.98. The van der Waals surface area contributed by atoms with Crippen LogP contribution in [-0.4, -0.2) is 51.6 Å². The maximum Gasteiger partial charge on any atom is 0.338 e. The zero-order valence-corrected chi connectivity index (χ0v) is 16.6. The van der Waals surface area contributed by atoms with Crippen LogP contribution in [0.15, 0.2) is 29.2 Å². The second kappa shape index (κ2) is 9.29. The first-order valence-corrected chi connectivity index (χ1v) is 10.3. The van der Waals surface area contributed by atoms with Crippen molar-refractivity contribution >= 4 is 21.9 Å². The van der Waals surface area contributed by atoms with Gasteiger partial charge in [-0.3, -0.25) is 9.63 Å². The lowest BCUT2D eigenvalue weighted by Crippen LogP contribution is -2.42. The summed E-state index contributed by atoms with van der Waals surface area (Å²) in [6.45, 7) is 1.74. The Morgan fingerprint density at radius 1 is 1.19 bits per heavy atom. The summed E-state index contributed by atoms with van der Waals surface area (Å²) in [5.41, 5.74) is 0.160. The maximum atomic E-state index is 12.1. The summed E-state index contributed by atoms with van der Waals surface area (Å²) in [5, 5.41) is 2.91. The Morgan fingerprint density at radius 3 is 2.41 bits per heavy atom. The number of nitrogens with one attached hydrogen (secondary N) is 1. The van der Waals surface area contributed by atoms with Crippen LogP contribution in [0.4, 0.5) is 0 Å². The maximum absolute atomic E-state index is 12.1. The number of amides is 1. The Balaban J connectivity index is 1.89. The molecule has 0 radical (unpaired) electrons. The molecule has 0 unspecified atom stereocenters. The normalized spacial score (nSPS) is 20.3. The lowest BCUT2D eigenvalue weighted by molar-refractivity contribution is -0.125. The lowest BCUT2D eigenvalue weighted by atomic mass is 9.86. The van der Waals surface area contributed by atoms with Gasteiger partial charge in [-0.25, -0.2) is 13.2 Å². The van der Waals surface area contributed by atoms with Gasteiger partial charge in [-0.2, -0.15) is 0 Å². The molecule has 1 saturated carbocycles. The van der Waals surface area contributed by atoms with Gasteiger partial charge in [0.2, 0.25) is 0 Å². The van der Waals surface area contributed by atoms with Crippen molar-refractivity contribution in [2.24, 2.45) is 5.92 Å². The molecular weight excluding hydrogens is 372 g/mol. The third kappa shape index (κ3) is 5.50. The van der Waals surface area contributed by atoms with Gasteiger partial charge in [-0.05, 0) is 43.0 Å². The van der Waals surface area contributed by atoms with Gasteiger partial charge in [0, 0.05) is 13.1 Å². The van der Waals surface area contributed by atoms with Gasteiger partial charge in [-0.1, -0.05) is 24.2 Å². The number of hydrogen-bond acceptors (Lipinski definition) is 6. The van der Waals surface area contributed by atoms with E-state index in [1.807, 2.05) is 0 Å². The van der Waals surface area contributed by atoms with Crippen molar-refractivity contribution in [1.29, 1.82) is 0 Å². The van der Waals surface area contributed by atoms with Gasteiger partial charge >= 0.3 is 5.97 Å². The molecule has 2 atom stereocenters. The molecule has 1 aliphatic rings. The Labute approximate surface area is 159 Å². The molecule has 1 amide bonds. The summed E-state index contributed by atoms with van der Waals surface area (Å²) in [6, 6.07) is 5.35. The molecule has 0 bridgehead atoms. The quantitative estimate of drug-likeness (QED) is 0.554. The van der Waals surface area contributed by atoms with Crippen molar-refractivity contribution in [3.8, 4) is 0 Å². The molecule has 1 aromatic rings. The van der Waals surface area contributed by atoms with E-state index in [9.17, 15) is 18.0 Å². The van der Waals surface area contributed by atoms with Crippen molar-refractivity contribution in [3.63, 3.8) is 0 Å². The molecule has 150 valence electrons. The number of nitrogens with zero attached hydrogens (tertiary/aromatic N) is 1. The van der Waals surface area contributed by atoms with Crippen LogP contribution in [0.2, 0.25) is 0 Å². The number of esters is 1. The van der Waals surface area contributed by atoms with Crippen LogP contribution in [0.3, 0.4) is 0 Å². The van der Waals surface area contributed by atoms with E-state index < -0.39 is 16.0 Å². The van der Waals surface area contributed by atoms with Crippen LogP contribution in [0, 0.1) is 5.92 Å². The minimum atomic E-state index is -3.78. The number of hydrogen-bond donors (Lipinski definition) is 1. The molecule has 8 nitrogen and oxygen atoms in total. The highest BCUT2D eigenvalue weighted by Crippen LogP contribution is 2.23. The SMILES string of the molecule is CON(C)S(=O)(=O)c1ccc(C(=O)OCC(=O)N[C@H]2CCCC[C@@H]2C)cc1. The lowest BCUT2D eigenvalue weighted by Gasteiger charge is -2.29. The van der Waals surface area contributed by atoms with E-state index in [1.165, 1.54) is 44.8 Å². The van der Waals surface area contributed by atoms with Crippen LogP contribution in [0.25, 0.3) is 0 Å². The highest BCUT2D eigenvalue weighted by atomic mass is 32.2. The molecule has 2 rings (SSSR count). The van der Waals surface area contributed by atoms with E-state index >= 15 is 0 Å².